The van der Waals surface area contributed by atoms with E-state index in [1.165, 1.54) is 31.4 Å². The second-order valence-electron chi connectivity index (χ2n) is 8.47. The summed E-state index contributed by atoms with van der Waals surface area (Å²) in [5.41, 5.74) is 1.67. The van der Waals surface area contributed by atoms with Crippen LogP contribution in [0.5, 0.6) is 0 Å². The lowest BCUT2D eigenvalue weighted by atomic mass is 9.96. The molecule has 1 atom stereocenters. The van der Waals surface area contributed by atoms with E-state index in [-0.39, 0.29) is 5.41 Å². The van der Waals surface area contributed by atoms with E-state index in [4.69, 9.17) is 9.73 Å². The van der Waals surface area contributed by atoms with E-state index in [9.17, 15) is 0 Å². The number of hydrogen-bond donors (Lipinski definition) is 1. The Morgan fingerprint density at radius 3 is 2.82 bits per heavy atom. The normalized spacial score (nSPS) is 25.1. The molecule has 0 aromatic heterocycles. The van der Waals surface area contributed by atoms with Crippen molar-refractivity contribution in [3.8, 4) is 0 Å². The van der Waals surface area contributed by atoms with Crippen molar-refractivity contribution in [2.24, 2.45) is 10.9 Å². The van der Waals surface area contributed by atoms with Crippen LogP contribution in [0.3, 0.4) is 0 Å². The number of halogens is 1. The third-order valence-electron chi connectivity index (χ3n) is 6.36. The average Bonchev–Trinajstić information content (AvgIpc) is 3.37. The number of hydrogen-bond acceptors (Lipinski definition) is 3. The molecule has 4 rings (SSSR count). The van der Waals surface area contributed by atoms with Gasteiger partial charge in [-0.3, -0.25) is 9.89 Å². The Labute approximate surface area is 177 Å². The Balaban J connectivity index is 1.37. The van der Waals surface area contributed by atoms with Crippen molar-refractivity contribution in [2.45, 2.75) is 31.6 Å². The van der Waals surface area contributed by atoms with Crippen molar-refractivity contribution in [2.75, 3.05) is 59.0 Å². The van der Waals surface area contributed by atoms with Gasteiger partial charge in [0.2, 0.25) is 0 Å². The van der Waals surface area contributed by atoms with Crippen molar-refractivity contribution in [1.82, 2.24) is 15.1 Å². The summed E-state index contributed by atoms with van der Waals surface area (Å²) in [5, 5.41) is 3.55. The van der Waals surface area contributed by atoms with Gasteiger partial charge in [-0.25, -0.2) is 0 Å². The van der Waals surface area contributed by atoms with Gasteiger partial charge in [-0.1, -0.05) is 28.1 Å². The summed E-state index contributed by atoms with van der Waals surface area (Å²) in [6, 6.07) is 8.77. The van der Waals surface area contributed by atoms with Crippen LogP contribution < -0.4 is 5.32 Å². The summed E-state index contributed by atoms with van der Waals surface area (Å²) >= 11 is 3.62. The molecular formula is C22H33BrN4O. The number of rotatable bonds is 6. The van der Waals surface area contributed by atoms with Gasteiger partial charge < -0.3 is 15.0 Å². The summed E-state index contributed by atoms with van der Waals surface area (Å²) in [6.07, 6.45) is 3.75. The van der Waals surface area contributed by atoms with E-state index in [1.807, 2.05) is 0 Å². The van der Waals surface area contributed by atoms with Gasteiger partial charge in [-0.2, -0.15) is 0 Å². The smallest absolute Gasteiger partial charge is 0.193 e. The standard InChI is InChI=1S/C22H33BrN4O/c1-2-24-21(25-17-22(7-8-22)19-4-3-5-20(23)14-19)27-9-6-18(16-27)15-26-10-12-28-13-11-26/h3-5,14,18H,2,6-13,15-17H2,1H3,(H,24,25). The molecule has 0 spiro atoms. The molecule has 1 aromatic carbocycles. The fourth-order valence-electron chi connectivity index (χ4n) is 4.48. The molecule has 1 aromatic rings. The maximum atomic E-state index is 5.48. The Bertz CT molecular complexity index is 685. The van der Waals surface area contributed by atoms with Crippen LogP contribution in [-0.4, -0.2) is 74.8 Å². The Morgan fingerprint density at radius 2 is 2.11 bits per heavy atom. The lowest BCUT2D eigenvalue weighted by molar-refractivity contribution is 0.0315. The zero-order chi connectivity index (χ0) is 19.4. The molecule has 0 bridgehead atoms. The van der Waals surface area contributed by atoms with Gasteiger partial charge in [0, 0.05) is 49.2 Å². The van der Waals surface area contributed by atoms with Gasteiger partial charge >= 0.3 is 0 Å². The topological polar surface area (TPSA) is 40.1 Å². The molecule has 5 nitrogen and oxygen atoms in total. The minimum absolute atomic E-state index is 0.247. The highest BCUT2D eigenvalue weighted by Gasteiger charge is 2.44. The first-order valence-corrected chi connectivity index (χ1v) is 11.6. The fraction of sp³-hybridized carbons (Fsp3) is 0.682. The Morgan fingerprint density at radius 1 is 1.29 bits per heavy atom. The summed E-state index contributed by atoms with van der Waals surface area (Å²) in [5.74, 6) is 1.84. The minimum atomic E-state index is 0.247. The van der Waals surface area contributed by atoms with Crippen LogP contribution in [0.1, 0.15) is 31.7 Å². The van der Waals surface area contributed by atoms with E-state index < -0.39 is 0 Å². The first kappa shape index (κ1) is 20.2. The average molecular weight is 449 g/mol. The summed E-state index contributed by atoms with van der Waals surface area (Å²) in [6.45, 7) is 11.3. The maximum absolute atomic E-state index is 5.48. The molecule has 0 amide bonds. The number of guanidine groups is 1. The molecule has 0 radical (unpaired) electrons. The maximum Gasteiger partial charge on any atom is 0.193 e. The first-order valence-electron chi connectivity index (χ1n) is 10.8. The molecule has 1 unspecified atom stereocenters. The van der Waals surface area contributed by atoms with Crippen LogP contribution in [0, 0.1) is 5.92 Å². The Kier molecular flexibility index (Phi) is 6.59. The van der Waals surface area contributed by atoms with Crippen molar-refractivity contribution in [3.63, 3.8) is 0 Å². The van der Waals surface area contributed by atoms with Crippen molar-refractivity contribution >= 4 is 21.9 Å². The van der Waals surface area contributed by atoms with Gasteiger partial charge in [-0.15, -0.1) is 0 Å². The number of ether oxygens (including phenoxy) is 1. The van der Waals surface area contributed by atoms with Crippen molar-refractivity contribution in [3.05, 3.63) is 34.3 Å². The number of benzene rings is 1. The van der Waals surface area contributed by atoms with Gasteiger partial charge in [0.1, 0.15) is 0 Å². The second-order valence-corrected chi connectivity index (χ2v) is 9.39. The highest BCUT2D eigenvalue weighted by atomic mass is 79.9. The van der Waals surface area contributed by atoms with Gasteiger partial charge in [-0.05, 0) is 49.8 Å². The lowest BCUT2D eigenvalue weighted by Gasteiger charge is -2.29. The van der Waals surface area contributed by atoms with E-state index in [0.717, 1.165) is 68.8 Å². The SMILES string of the molecule is CCNC(=NCC1(c2cccc(Br)c2)CC1)N1CCC(CN2CCOCC2)C1. The molecule has 28 heavy (non-hydrogen) atoms. The van der Waals surface area contributed by atoms with E-state index in [0.29, 0.717) is 0 Å². The number of aliphatic imine (C=N–C) groups is 1. The monoisotopic (exact) mass is 448 g/mol. The molecule has 2 aliphatic heterocycles. The minimum Gasteiger partial charge on any atom is -0.379 e. The molecule has 3 fully saturated rings. The summed E-state index contributed by atoms with van der Waals surface area (Å²) in [4.78, 5) is 10.1. The molecular weight excluding hydrogens is 416 g/mol. The zero-order valence-corrected chi connectivity index (χ0v) is 18.6. The predicted octanol–water partition coefficient (Wildman–Crippen LogP) is 3.10. The quantitative estimate of drug-likeness (QED) is 0.535. The first-order chi connectivity index (χ1) is 13.7. The van der Waals surface area contributed by atoms with Crippen molar-refractivity contribution < 1.29 is 4.74 Å². The third kappa shape index (κ3) is 4.89. The number of likely N-dealkylation sites (tertiary alicyclic amines) is 1. The number of nitrogens with zero attached hydrogens (tertiary/aromatic N) is 3. The summed E-state index contributed by atoms with van der Waals surface area (Å²) < 4.78 is 6.65. The number of morpholine rings is 1. The van der Waals surface area contributed by atoms with Crippen LogP contribution in [0.4, 0.5) is 0 Å². The molecule has 1 aliphatic carbocycles. The van der Waals surface area contributed by atoms with Gasteiger partial charge in [0.15, 0.2) is 5.96 Å². The predicted molar refractivity (Wildman–Crippen MR) is 118 cm³/mol. The largest absolute Gasteiger partial charge is 0.379 e. The Hall–Kier alpha value is -1.11. The van der Waals surface area contributed by atoms with Gasteiger partial charge in [0.05, 0.1) is 19.8 Å². The molecule has 1 N–H and O–H groups in total. The van der Waals surface area contributed by atoms with Crippen LogP contribution in [0.2, 0.25) is 0 Å². The van der Waals surface area contributed by atoms with Crippen molar-refractivity contribution in [1.29, 1.82) is 0 Å². The summed E-state index contributed by atoms with van der Waals surface area (Å²) in [7, 11) is 0. The van der Waals surface area contributed by atoms with Crippen LogP contribution >= 0.6 is 15.9 Å². The molecule has 2 saturated heterocycles. The molecule has 154 valence electrons. The van der Waals surface area contributed by atoms with Gasteiger partial charge in [0.25, 0.3) is 0 Å². The molecule has 1 saturated carbocycles. The molecule has 2 heterocycles. The van der Waals surface area contributed by atoms with Crippen LogP contribution in [-0.2, 0) is 10.2 Å². The zero-order valence-electron chi connectivity index (χ0n) is 17.0. The number of nitrogens with one attached hydrogen (secondary N) is 1. The molecule has 6 heteroatoms. The fourth-order valence-corrected chi connectivity index (χ4v) is 4.88. The second kappa shape index (κ2) is 9.14. The van der Waals surface area contributed by atoms with E-state index >= 15 is 0 Å². The van der Waals surface area contributed by atoms with Crippen LogP contribution in [0.15, 0.2) is 33.7 Å². The van der Waals surface area contributed by atoms with E-state index in [2.05, 4.69) is 62.2 Å². The lowest BCUT2D eigenvalue weighted by Crippen LogP contribution is -2.42. The van der Waals surface area contributed by atoms with E-state index in [1.54, 1.807) is 0 Å². The highest BCUT2D eigenvalue weighted by Crippen LogP contribution is 2.48. The third-order valence-corrected chi connectivity index (χ3v) is 6.86. The van der Waals surface area contributed by atoms with Crippen LogP contribution in [0.25, 0.3) is 0 Å². The molecule has 3 aliphatic rings. The highest BCUT2D eigenvalue weighted by molar-refractivity contribution is 9.10.